The van der Waals surface area contributed by atoms with Crippen LogP contribution >= 0.6 is 0 Å². The Morgan fingerprint density at radius 3 is 2.29 bits per heavy atom. The molecular weight excluding hydrogens is 388 g/mol. The van der Waals surface area contributed by atoms with E-state index in [4.69, 9.17) is 4.74 Å². The molecule has 1 atom stereocenters. The Bertz CT molecular complexity index is 890. The lowest BCUT2D eigenvalue weighted by Gasteiger charge is -2.27. The molecule has 1 aromatic rings. The number of benzene rings is 1. The van der Waals surface area contributed by atoms with Crippen LogP contribution in [0.5, 0.6) is 0 Å². The van der Waals surface area contributed by atoms with Crippen LogP contribution in [0, 0.1) is 11.6 Å². The van der Waals surface area contributed by atoms with Gasteiger partial charge in [0, 0.05) is 0 Å². The number of hydrogen-bond acceptors (Lipinski definition) is 4. The Hall–Kier alpha value is -1.54. The predicted octanol–water partition coefficient (Wildman–Crippen LogP) is 3.76. The van der Waals surface area contributed by atoms with E-state index in [1.54, 1.807) is 13.8 Å². The Labute approximate surface area is 164 Å². The third-order valence-corrected chi connectivity index (χ3v) is 7.99. The molecule has 2 fully saturated rings. The van der Waals surface area contributed by atoms with Gasteiger partial charge in [-0.15, -0.1) is 0 Å². The molecule has 0 unspecified atom stereocenters. The number of halogens is 2. The van der Waals surface area contributed by atoms with Gasteiger partial charge in [-0.1, -0.05) is 12.8 Å². The zero-order chi connectivity index (χ0) is 20.9. The van der Waals surface area contributed by atoms with Gasteiger partial charge in [0.1, 0.15) is 16.3 Å². The number of amides is 1. The first kappa shape index (κ1) is 21.2. The van der Waals surface area contributed by atoms with E-state index in [9.17, 15) is 17.6 Å². The lowest BCUT2D eigenvalue weighted by Crippen LogP contribution is -2.46. The monoisotopic (exact) mass is 415 g/mol. The van der Waals surface area contributed by atoms with Gasteiger partial charge in [-0.3, -0.25) is 4.79 Å². The highest BCUT2D eigenvalue weighted by molar-refractivity contribution is 7.92. The minimum absolute atomic E-state index is 0.448. The van der Waals surface area contributed by atoms with Gasteiger partial charge in [-0.25, -0.2) is 17.2 Å². The summed E-state index contributed by atoms with van der Waals surface area (Å²) < 4.78 is 60.8. The average molecular weight is 416 g/mol. The van der Waals surface area contributed by atoms with Gasteiger partial charge in [0.15, 0.2) is 15.7 Å². The molecule has 1 saturated carbocycles. The summed E-state index contributed by atoms with van der Waals surface area (Å²) in [5, 5.41) is 1.94. The predicted molar refractivity (Wildman–Crippen MR) is 101 cm³/mol. The van der Waals surface area contributed by atoms with Crippen LogP contribution < -0.4 is 5.32 Å². The molecule has 0 radical (unpaired) electrons. The Balaban J connectivity index is 1.93. The van der Waals surface area contributed by atoms with Crippen molar-refractivity contribution in [3.05, 3.63) is 29.3 Å². The number of carbonyl (C=O) groups is 1. The van der Waals surface area contributed by atoms with Crippen LogP contribution in [0.25, 0.3) is 0 Å². The highest BCUT2D eigenvalue weighted by Gasteiger charge is 2.47. The Morgan fingerprint density at radius 1 is 1.14 bits per heavy atom. The SMILES string of the molecule is CC1(C)C[C@@H](NC(=O)c2c(F)ccc(S(=O)(=O)C3CCCC3)c2F)C(C)(C)O1. The zero-order valence-electron chi connectivity index (χ0n) is 16.6. The summed E-state index contributed by atoms with van der Waals surface area (Å²) in [5.74, 6) is -3.38. The molecule has 1 saturated heterocycles. The maximum absolute atomic E-state index is 15.0. The second kappa shape index (κ2) is 7.06. The van der Waals surface area contributed by atoms with Crippen LogP contribution in [0.3, 0.4) is 0 Å². The molecule has 28 heavy (non-hydrogen) atoms. The van der Waals surface area contributed by atoms with Crippen LogP contribution in [0.4, 0.5) is 8.78 Å². The first-order valence-electron chi connectivity index (χ1n) is 9.58. The number of hydrogen-bond donors (Lipinski definition) is 1. The van der Waals surface area contributed by atoms with E-state index in [2.05, 4.69) is 5.32 Å². The second-order valence-electron chi connectivity index (χ2n) is 8.88. The Kier molecular flexibility index (Phi) is 5.34. The highest BCUT2D eigenvalue weighted by atomic mass is 32.2. The van der Waals surface area contributed by atoms with Gasteiger partial charge in [0.25, 0.3) is 5.91 Å². The van der Waals surface area contributed by atoms with Crippen molar-refractivity contribution in [1.82, 2.24) is 5.32 Å². The fraction of sp³-hybridized carbons (Fsp3) is 0.650. The maximum atomic E-state index is 15.0. The number of sulfone groups is 1. The molecule has 0 bridgehead atoms. The number of carbonyl (C=O) groups excluding carboxylic acids is 1. The molecule has 5 nitrogen and oxygen atoms in total. The third-order valence-electron chi connectivity index (χ3n) is 5.71. The van der Waals surface area contributed by atoms with Gasteiger partial charge in [0.2, 0.25) is 0 Å². The Morgan fingerprint density at radius 2 is 1.75 bits per heavy atom. The van der Waals surface area contributed by atoms with Crippen molar-refractivity contribution in [2.24, 2.45) is 0 Å². The minimum atomic E-state index is -3.96. The smallest absolute Gasteiger partial charge is 0.257 e. The summed E-state index contributed by atoms with van der Waals surface area (Å²) in [7, 11) is -3.96. The zero-order valence-corrected chi connectivity index (χ0v) is 17.5. The molecule has 1 aliphatic carbocycles. The molecule has 1 aromatic carbocycles. The molecule has 1 heterocycles. The molecule has 1 aliphatic heterocycles. The van der Waals surface area contributed by atoms with Crippen LogP contribution in [0.2, 0.25) is 0 Å². The molecular formula is C20H27F2NO4S. The lowest BCUT2D eigenvalue weighted by molar-refractivity contribution is -0.0693. The number of ether oxygens (including phenoxy) is 1. The van der Waals surface area contributed by atoms with E-state index in [1.165, 1.54) is 0 Å². The van der Waals surface area contributed by atoms with Crippen molar-refractivity contribution in [1.29, 1.82) is 0 Å². The highest BCUT2D eigenvalue weighted by Crippen LogP contribution is 2.38. The third kappa shape index (κ3) is 3.81. The van der Waals surface area contributed by atoms with Crippen LogP contribution in [0.1, 0.15) is 70.2 Å². The van der Waals surface area contributed by atoms with Gasteiger partial charge >= 0.3 is 0 Å². The quantitative estimate of drug-likeness (QED) is 0.760. The second-order valence-corrected chi connectivity index (χ2v) is 11.1. The maximum Gasteiger partial charge on any atom is 0.257 e. The van der Waals surface area contributed by atoms with E-state index in [0.29, 0.717) is 19.3 Å². The van der Waals surface area contributed by atoms with Gasteiger partial charge in [-0.2, -0.15) is 0 Å². The molecule has 8 heteroatoms. The molecule has 0 spiro atoms. The van der Waals surface area contributed by atoms with Crippen LogP contribution in [-0.4, -0.2) is 36.8 Å². The van der Waals surface area contributed by atoms with E-state index in [1.807, 2.05) is 13.8 Å². The van der Waals surface area contributed by atoms with Crippen molar-refractivity contribution >= 4 is 15.7 Å². The molecule has 1 N–H and O–H groups in total. The molecule has 1 amide bonds. The number of nitrogens with one attached hydrogen (secondary N) is 1. The summed E-state index contributed by atoms with van der Waals surface area (Å²) >= 11 is 0. The summed E-state index contributed by atoms with van der Waals surface area (Å²) in [5.41, 5.74) is -2.08. The number of rotatable bonds is 4. The van der Waals surface area contributed by atoms with E-state index in [-0.39, 0.29) is 0 Å². The van der Waals surface area contributed by atoms with E-state index >= 15 is 4.39 Å². The van der Waals surface area contributed by atoms with Crippen LogP contribution in [-0.2, 0) is 14.6 Å². The summed E-state index contributed by atoms with van der Waals surface area (Å²) in [4.78, 5) is 12.1. The normalized spacial score (nSPS) is 24.4. The van der Waals surface area contributed by atoms with E-state index in [0.717, 1.165) is 25.0 Å². The first-order chi connectivity index (χ1) is 12.8. The average Bonchev–Trinajstić information content (AvgIpc) is 3.13. The van der Waals surface area contributed by atoms with Crippen LogP contribution in [0.15, 0.2) is 17.0 Å². The van der Waals surface area contributed by atoms with Crippen molar-refractivity contribution in [3.63, 3.8) is 0 Å². The van der Waals surface area contributed by atoms with Gasteiger partial charge in [0.05, 0.1) is 22.5 Å². The fourth-order valence-corrected chi connectivity index (χ4v) is 6.28. The van der Waals surface area contributed by atoms with Crippen molar-refractivity contribution in [2.75, 3.05) is 0 Å². The van der Waals surface area contributed by atoms with Crippen molar-refractivity contribution in [2.45, 2.75) is 87.2 Å². The fourth-order valence-electron chi connectivity index (χ4n) is 4.36. The molecule has 2 aliphatic rings. The minimum Gasteiger partial charge on any atom is -0.367 e. The summed E-state index contributed by atoms with van der Waals surface area (Å²) in [6, 6.07) is 1.30. The molecule has 156 valence electrons. The van der Waals surface area contributed by atoms with Gasteiger partial charge in [-0.05, 0) is 59.1 Å². The first-order valence-corrected chi connectivity index (χ1v) is 11.1. The summed E-state index contributed by atoms with van der Waals surface area (Å²) in [6.07, 6.45) is 2.88. The molecule has 0 aromatic heterocycles. The van der Waals surface area contributed by atoms with Crippen molar-refractivity contribution in [3.8, 4) is 0 Å². The largest absolute Gasteiger partial charge is 0.367 e. The lowest BCUT2D eigenvalue weighted by atomic mass is 9.94. The topological polar surface area (TPSA) is 72.5 Å². The van der Waals surface area contributed by atoms with Crippen molar-refractivity contribution < 1.29 is 26.7 Å². The standard InChI is InChI=1S/C20H27F2NO4S/c1-19(2)11-15(20(3,4)27-19)23-18(24)16-13(21)9-10-14(17(16)22)28(25,26)12-7-5-6-8-12/h9-10,12,15H,5-8,11H2,1-4H3,(H,23,24)/t15-/m1/s1. The van der Waals surface area contributed by atoms with Gasteiger partial charge < -0.3 is 10.1 Å². The molecule has 3 rings (SSSR count). The van der Waals surface area contributed by atoms with E-state index < -0.39 is 60.3 Å². The summed E-state index contributed by atoms with van der Waals surface area (Å²) in [6.45, 7) is 7.33.